The summed E-state index contributed by atoms with van der Waals surface area (Å²) in [5, 5.41) is 7.04. The van der Waals surface area contributed by atoms with Gasteiger partial charge in [-0.25, -0.2) is 9.97 Å². The van der Waals surface area contributed by atoms with Gasteiger partial charge in [0, 0.05) is 36.6 Å². The van der Waals surface area contributed by atoms with Crippen molar-refractivity contribution < 1.29 is 13.2 Å². The Bertz CT molecular complexity index is 1030. The largest absolute Gasteiger partial charge is 0.421 e. The average Bonchev–Trinajstić information content (AvgIpc) is 3.21. The molecule has 2 N–H and O–H groups in total. The number of anilines is 3. The van der Waals surface area contributed by atoms with E-state index in [2.05, 4.69) is 25.6 Å². The summed E-state index contributed by atoms with van der Waals surface area (Å²) in [7, 11) is 1.81. The Balaban J connectivity index is 1.72. The van der Waals surface area contributed by atoms with Crippen molar-refractivity contribution >= 4 is 40.1 Å². The Morgan fingerprint density at radius 2 is 1.96 bits per heavy atom. The number of pyridine rings is 1. The summed E-state index contributed by atoms with van der Waals surface area (Å²) in [5.74, 6) is -0.168. The van der Waals surface area contributed by atoms with Crippen molar-refractivity contribution in [1.29, 1.82) is 0 Å². The van der Waals surface area contributed by atoms with E-state index < -0.39 is 11.7 Å². The van der Waals surface area contributed by atoms with Crippen LogP contribution in [0.25, 0.3) is 11.0 Å². The molecule has 1 aliphatic rings. The van der Waals surface area contributed by atoms with Crippen LogP contribution in [0.2, 0.25) is 5.02 Å². The number of alkyl halides is 3. The first-order chi connectivity index (χ1) is 12.6. The van der Waals surface area contributed by atoms with E-state index in [0.717, 1.165) is 24.4 Å². The number of nitrogens with zero attached hydrogens (tertiary/aromatic N) is 4. The number of halogens is 4. The van der Waals surface area contributed by atoms with Crippen LogP contribution < -0.4 is 10.6 Å². The van der Waals surface area contributed by atoms with Gasteiger partial charge in [0.05, 0.1) is 10.7 Å². The molecule has 3 aromatic heterocycles. The zero-order valence-electron chi connectivity index (χ0n) is 14.5. The smallest absolute Gasteiger partial charge is 0.364 e. The molecule has 0 bridgehead atoms. The molecule has 4 rings (SSSR count). The minimum atomic E-state index is -4.54. The quantitative estimate of drug-likeness (QED) is 0.666. The molecule has 1 saturated carbocycles. The van der Waals surface area contributed by atoms with Crippen LogP contribution in [0, 0.1) is 0 Å². The van der Waals surface area contributed by atoms with E-state index in [9.17, 15) is 13.2 Å². The molecule has 0 amide bonds. The number of hydrogen-bond donors (Lipinski definition) is 2. The predicted molar refractivity (Wildman–Crippen MR) is 97.3 cm³/mol. The van der Waals surface area contributed by atoms with Crippen LogP contribution in [0.15, 0.2) is 24.7 Å². The van der Waals surface area contributed by atoms with E-state index in [1.165, 1.54) is 6.20 Å². The van der Waals surface area contributed by atoms with Crippen molar-refractivity contribution in [1.82, 2.24) is 19.5 Å². The molecule has 27 heavy (non-hydrogen) atoms. The fraction of sp³-hybridized carbons (Fsp3) is 0.353. The molecule has 0 radical (unpaired) electrons. The van der Waals surface area contributed by atoms with Gasteiger partial charge in [-0.1, -0.05) is 11.6 Å². The maximum atomic E-state index is 13.3. The number of hydrogen-bond acceptors (Lipinski definition) is 5. The molecule has 1 fully saturated rings. The maximum Gasteiger partial charge on any atom is 0.421 e. The van der Waals surface area contributed by atoms with Gasteiger partial charge >= 0.3 is 6.18 Å². The van der Waals surface area contributed by atoms with Crippen LogP contribution in [0.3, 0.4) is 0 Å². The number of aryl methyl sites for hydroxylation is 1. The van der Waals surface area contributed by atoms with E-state index in [1.54, 1.807) is 16.8 Å². The number of rotatable bonds is 4. The summed E-state index contributed by atoms with van der Waals surface area (Å²) in [6.45, 7) is 1.86. The molecule has 142 valence electrons. The topological polar surface area (TPSA) is 67.7 Å². The second-order valence-electron chi connectivity index (χ2n) is 6.94. The molecule has 10 heteroatoms. The van der Waals surface area contributed by atoms with Crippen molar-refractivity contribution in [3.63, 3.8) is 0 Å². The van der Waals surface area contributed by atoms with Crippen LogP contribution in [-0.4, -0.2) is 25.1 Å². The molecule has 0 saturated heterocycles. The Kier molecular flexibility index (Phi) is 3.95. The van der Waals surface area contributed by atoms with Gasteiger partial charge in [-0.05, 0) is 25.8 Å². The monoisotopic (exact) mass is 396 g/mol. The minimum absolute atomic E-state index is 0.0576. The van der Waals surface area contributed by atoms with Crippen LogP contribution in [0.1, 0.15) is 25.3 Å². The Hall–Kier alpha value is -2.55. The van der Waals surface area contributed by atoms with Gasteiger partial charge in [0.1, 0.15) is 17.0 Å². The van der Waals surface area contributed by atoms with Crippen molar-refractivity contribution in [2.45, 2.75) is 31.5 Å². The zero-order valence-corrected chi connectivity index (χ0v) is 15.3. The summed E-state index contributed by atoms with van der Waals surface area (Å²) in [4.78, 5) is 12.2. The summed E-state index contributed by atoms with van der Waals surface area (Å²) >= 11 is 6.01. The highest BCUT2D eigenvalue weighted by Gasteiger charge is 2.42. The highest BCUT2D eigenvalue weighted by atomic mass is 35.5. The van der Waals surface area contributed by atoms with E-state index >= 15 is 0 Å². The van der Waals surface area contributed by atoms with Gasteiger partial charge in [-0.15, -0.1) is 0 Å². The molecule has 0 unspecified atom stereocenters. The molecule has 0 aromatic carbocycles. The van der Waals surface area contributed by atoms with Gasteiger partial charge in [0.15, 0.2) is 0 Å². The lowest BCUT2D eigenvalue weighted by Gasteiger charge is -2.18. The molecule has 0 spiro atoms. The van der Waals surface area contributed by atoms with Crippen molar-refractivity contribution in [3.8, 4) is 0 Å². The number of aromatic nitrogens is 4. The molecular weight excluding hydrogens is 381 g/mol. The third kappa shape index (κ3) is 3.51. The summed E-state index contributed by atoms with van der Waals surface area (Å²) in [6.07, 6.45) is 1.13. The third-order valence-corrected chi connectivity index (χ3v) is 4.75. The molecular formula is C17H16ClF3N6. The van der Waals surface area contributed by atoms with Crippen molar-refractivity contribution in [2.75, 3.05) is 10.6 Å². The normalized spacial score (nSPS) is 15.8. The molecule has 0 aliphatic heterocycles. The van der Waals surface area contributed by atoms with Crippen LogP contribution >= 0.6 is 11.6 Å². The maximum absolute atomic E-state index is 13.3. The second-order valence-corrected chi connectivity index (χ2v) is 7.38. The van der Waals surface area contributed by atoms with E-state index in [4.69, 9.17) is 11.6 Å². The average molecular weight is 397 g/mol. The van der Waals surface area contributed by atoms with E-state index in [1.807, 2.05) is 14.0 Å². The van der Waals surface area contributed by atoms with Crippen LogP contribution in [0.5, 0.6) is 0 Å². The lowest BCUT2D eigenvalue weighted by atomic mass is 10.2. The highest BCUT2D eigenvalue weighted by Crippen LogP contribution is 2.41. The van der Waals surface area contributed by atoms with Gasteiger partial charge in [0.25, 0.3) is 0 Å². The van der Waals surface area contributed by atoms with Gasteiger partial charge in [0.2, 0.25) is 5.95 Å². The van der Waals surface area contributed by atoms with Crippen molar-refractivity contribution in [3.05, 3.63) is 35.2 Å². The summed E-state index contributed by atoms with van der Waals surface area (Å²) in [5.41, 5.74) is 0.0370. The Labute approximate surface area is 157 Å². The predicted octanol–water partition coefficient (Wildman–Crippen LogP) is 4.74. The zero-order chi connectivity index (χ0) is 19.4. The number of nitrogens with one attached hydrogen (secondary N) is 2. The van der Waals surface area contributed by atoms with Gasteiger partial charge in [-0.3, -0.25) is 0 Å². The van der Waals surface area contributed by atoms with Crippen LogP contribution in [0.4, 0.5) is 30.6 Å². The lowest BCUT2D eigenvalue weighted by molar-refractivity contribution is -0.137. The first-order valence-electron chi connectivity index (χ1n) is 8.25. The SMILES string of the molecule is Cn1cc(Nc2ncc(C(F)(F)F)c(NC3(C)CC3)n2)c2cc(Cl)cnc21. The molecule has 3 aromatic rings. The Morgan fingerprint density at radius 3 is 2.63 bits per heavy atom. The summed E-state index contributed by atoms with van der Waals surface area (Å²) < 4.78 is 41.7. The minimum Gasteiger partial charge on any atom is -0.364 e. The first-order valence-corrected chi connectivity index (χ1v) is 8.62. The van der Waals surface area contributed by atoms with E-state index in [0.29, 0.717) is 16.4 Å². The fourth-order valence-corrected chi connectivity index (χ4v) is 2.96. The summed E-state index contributed by atoms with van der Waals surface area (Å²) in [6, 6.07) is 1.72. The highest BCUT2D eigenvalue weighted by molar-refractivity contribution is 6.31. The molecule has 0 atom stereocenters. The standard InChI is InChI=1S/C17H16ClF3N6/c1-16(3-4-16)26-13-11(17(19,20)21)7-23-15(25-13)24-12-8-27(2)14-10(12)5-9(18)6-22-14/h5-8H,3-4H2,1-2H3,(H2,23,24,25,26). The Morgan fingerprint density at radius 1 is 1.22 bits per heavy atom. The second kappa shape index (κ2) is 5.98. The van der Waals surface area contributed by atoms with E-state index in [-0.39, 0.29) is 17.3 Å². The van der Waals surface area contributed by atoms with Gasteiger partial charge in [-0.2, -0.15) is 18.2 Å². The third-order valence-electron chi connectivity index (χ3n) is 4.54. The van der Waals surface area contributed by atoms with Crippen molar-refractivity contribution in [2.24, 2.45) is 7.05 Å². The lowest BCUT2D eigenvalue weighted by Crippen LogP contribution is -2.21. The van der Waals surface area contributed by atoms with Crippen LogP contribution in [-0.2, 0) is 13.2 Å². The number of fused-ring (bicyclic) bond motifs is 1. The first kappa shape index (κ1) is 17.8. The molecule has 1 aliphatic carbocycles. The fourth-order valence-electron chi connectivity index (χ4n) is 2.80. The molecule has 6 nitrogen and oxygen atoms in total. The molecule has 3 heterocycles. The van der Waals surface area contributed by atoms with Gasteiger partial charge < -0.3 is 15.2 Å².